The number of fused-ring (bicyclic) bond motifs is 1. The summed E-state index contributed by atoms with van der Waals surface area (Å²) in [4.78, 5) is 52.8. The van der Waals surface area contributed by atoms with Gasteiger partial charge in [-0.3, -0.25) is 19.3 Å². The van der Waals surface area contributed by atoms with Gasteiger partial charge in [-0.1, -0.05) is 24.3 Å². The molecule has 5 amide bonds. The van der Waals surface area contributed by atoms with Crippen molar-refractivity contribution in [3.63, 3.8) is 0 Å². The maximum absolute atomic E-state index is 13.2. The van der Waals surface area contributed by atoms with E-state index in [1.807, 2.05) is 18.2 Å². The maximum atomic E-state index is 13.2. The molecule has 10 nitrogen and oxygen atoms in total. The molecule has 2 aromatic carbocycles. The Balaban J connectivity index is 1.45. The zero-order chi connectivity index (χ0) is 24.5. The SMILES string of the molecule is CCN(CC1COc2ccccc2O1)C(=O)CN1C(=O)NC(C)(c2cccc(C(N)=O)c2)C1=O. The number of benzene rings is 2. The van der Waals surface area contributed by atoms with Crippen molar-refractivity contribution in [2.75, 3.05) is 26.2 Å². The third-order valence-electron chi connectivity index (χ3n) is 6.02. The Morgan fingerprint density at radius 2 is 1.91 bits per heavy atom. The molecule has 0 saturated carbocycles. The molecule has 2 atom stereocenters. The van der Waals surface area contributed by atoms with Crippen LogP contribution in [0.1, 0.15) is 29.8 Å². The van der Waals surface area contributed by atoms with Crippen molar-refractivity contribution in [1.82, 2.24) is 15.1 Å². The van der Waals surface area contributed by atoms with Crippen molar-refractivity contribution < 1.29 is 28.7 Å². The highest BCUT2D eigenvalue weighted by Crippen LogP contribution is 2.31. The minimum atomic E-state index is -1.43. The Hall–Kier alpha value is -4.08. The molecule has 0 spiro atoms. The lowest BCUT2D eigenvalue weighted by molar-refractivity contribution is -0.139. The molecule has 0 radical (unpaired) electrons. The first kappa shape index (κ1) is 23.1. The molecule has 2 aliphatic heterocycles. The van der Waals surface area contributed by atoms with Crippen LogP contribution in [-0.2, 0) is 15.1 Å². The number of amides is 5. The van der Waals surface area contributed by atoms with Crippen LogP contribution in [-0.4, -0.2) is 65.9 Å². The summed E-state index contributed by atoms with van der Waals surface area (Å²) >= 11 is 0. The Kier molecular flexibility index (Phi) is 6.14. The van der Waals surface area contributed by atoms with Gasteiger partial charge in [0.15, 0.2) is 17.6 Å². The zero-order valence-electron chi connectivity index (χ0n) is 18.9. The van der Waals surface area contributed by atoms with Gasteiger partial charge in [-0.05, 0) is 43.7 Å². The van der Waals surface area contributed by atoms with Crippen LogP contribution in [0.2, 0.25) is 0 Å². The number of carbonyl (C=O) groups excluding carboxylic acids is 4. The molecule has 1 fully saturated rings. The molecule has 2 aromatic rings. The van der Waals surface area contributed by atoms with Crippen LogP contribution in [0.25, 0.3) is 0 Å². The monoisotopic (exact) mass is 466 g/mol. The lowest BCUT2D eigenvalue weighted by Crippen LogP contribution is -2.48. The minimum Gasteiger partial charge on any atom is -0.486 e. The average molecular weight is 466 g/mol. The summed E-state index contributed by atoms with van der Waals surface area (Å²) in [6.07, 6.45) is -0.385. The number of rotatable bonds is 7. The van der Waals surface area contributed by atoms with Gasteiger partial charge in [-0.2, -0.15) is 0 Å². The number of nitrogens with zero attached hydrogens (tertiary/aromatic N) is 2. The number of nitrogens with one attached hydrogen (secondary N) is 1. The lowest BCUT2D eigenvalue weighted by atomic mass is 9.90. The van der Waals surface area contributed by atoms with Gasteiger partial charge in [0.05, 0.1) is 6.54 Å². The quantitative estimate of drug-likeness (QED) is 0.591. The molecule has 2 aliphatic rings. The van der Waals surface area contributed by atoms with E-state index in [1.54, 1.807) is 25.1 Å². The number of imide groups is 1. The molecule has 10 heteroatoms. The normalized spacial score (nSPS) is 21.2. The van der Waals surface area contributed by atoms with Gasteiger partial charge >= 0.3 is 6.03 Å². The summed E-state index contributed by atoms with van der Waals surface area (Å²) in [6.45, 7) is 3.79. The van der Waals surface area contributed by atoms with Gasteiger partial charge < -0.3 is 25.4 Å². The number of primary amides is 1. The van der Waals surface area contributed by atoms with Gasteiger partial charge in [0, 0.05) is 12.1 Å². The summed E-state index contributed by atoms with van der Waals surface area (Å²) in [5.41, 5.74) is 4.52. The maximum Gasteiger partial charge on any atom is 0.325 e. The van der Waals surface area contributed by atoms with Crippen LogP contribution in [0.3, 0.4) is 0 Å². The van der Waals surface area contributed by atoms with E-state index in [4.69, 9.17) is 15.2 Å². The van der Waals surface area contributed by atoms with Crippen LogP contribution in [0, 0.1) is 0 Å². The topological polar surface area (TPSA) is 131 Å². The molecule has 1 saturated heterocycles. The molecule has 178 valence electrons. The Morgan fingerprint density at radius 1 is 1.18 bits per heavy atom. The van der Waals surface area contributed by atoms with Crippen molar-refractivity contribution in [2.24, 2.45) is 5.73 Å². The number of carbonyl (C=O) groups is 4. The Labute approximate surface area is 196 Å². The molecule has 2 unspecified atom stereocenters. The fraction of sp³-hybridized carbons (Fsp3) is 0.333. The summed E-state index contributed by atoms with van der Waals surface area (Å²) < 4.78 is 11.6. The molecule has 4 rings (SSSR count). The van der Waals surface area contributed by atoms with E-state index in [9.17, 15) is 19.2 Å². The number of nitrogens with two attached hydrogens (primary N) is 1. The number of urea groups is 1. The van der Waals surface area contributed by atoms with Gasteiger partial charge in [0.25, 0.3) is 5.91 Å². The van der Waals surface area contributed by atoms with E-state index in [0.717, 1.165) is 4.90 Å². The number of hydrogen-bond donors (Lipinski definition) is 2. The largest absolute Gasteiger partial charge is 0.486 e. The second kappa shape index (κ2) is 9.05. The van der Waals surface area contributed by atoms with Crippen LogP contribution in [0.15, 0.2) is 48.5 Å². The van der Waals surface area contributed by atoms with Gasteiger partial charge in [0.2, 0.25) is 11.8 Å². The van der Waals surface area contributed by atoms with Crippen LogP contribution in [0.5, 0.6) is 11.5 Å². The summed E-state index contributed by atoms with van der Waals surface area (Å²) in [5.74, 6) is -0.389. The van der Waals surface area contributed by atoms with Gasteiger partial charge in [-0.15, -0.1) is 0 Å². The van der Waals surface area contributed by atoms with Crippen molar-refractivity contribution in [2.45, 2.75) is 25.5 Å². The minimum absolute atomic E-state index is 0.212. The summed E-state index contributed by atoms with van der Waals surface area (Å²) in [7, 11) is 0. The van der Waals surface area contributed by atoms with Crippen molar-refractivity contribution in [3.05, 3.63) is 59.7 Å². The van der Waals surface area contributed by atoms with E-state index in [0.29, 0.717) is 23.6 Å². The van der Waals surface area contributed by atoms with E-state index in [1.165, 1.54) is 24.0 Å². The third kappa shape index (κ3) is 4.26. The number of likely N-dealkylation sites (N-methyl/N-ethyl adjacent to an activating group) is 1. The second-order valence-corrected chi connectivity index (χ2v) is 8.32. The van der Waals surface area contributed by atoms with Gasteiger partial charge in [0.1, 0.15) is 18.7 Å². The third-order valence-corrected chi connectivity index (χ3v) is 6.02. The molecule has 0 aromatic heterocycles. The van der Waals surface area contributed by atoms with Crippen LogP contribution in [0.4, 0.5) is 4.79 Å². The van der Waals surface area contributed by atoms with Crippen molar-refractivity contribution >= 4 is 23.8 Å². The highest BCUT2D eigenvalue weighted by atomic mass is 16.6. The van der Waals surface area contributed by atoms with E-state index in [-0.39, 0.29) is 24.8 Å². The lowest BCUT2D eigenvalue weighted by Gasteiger charge is -2.31. The molecule has 2 heterocycles. The van der Waals surface area contributed by atoms with E-state index < -0.39 is 35.8 Å². The summed E-state index contributed by atoms with van der Waals surface area (Å²) in [6, 6.07) is 12.8. The second-order valence-electron chi connectivity index (χ2n) is 8.32. The van der Waals surface area contributed by atoms with Crippen LogP contribution < -0.4 is 20.5 Å². The van der Waals surface area contributed by atoms with E-state index >= 15 is 0 Å². The number of hydrogen-bond acceptors (Lipinski definition) is 6. The standard InChI is InChI=1S/C24H26N4O6/c1-3-27(12-17-14-33-18-9-4-5-10-19(18)34-17)20(29)13-28-22(31)24(2,26-23(28)32)16-8-6-7-15(11-16)21(25)30/h4-11,17H,3,12-14H2,1-2H3,(H2,25,30)(H,26,32). The number of para-hydroxylation sites is 2. The fourth-order valence-electron chi connectivity index (χ4n) is 4.06. The van der Waals surface area contributed by atoms with Gasteiger partial charge in [-0.25, -0.2) is 4.79 Å². The smallest absolute Gasteiger partial charge is 0.325 e. The highest BCUT2D eigenvalue weighted by molar-refractivity contribution is 6.09. The molecule has 3 N–H and O–H groups in total. The molecule has 34 heavy (non-hydrogen) atoms. The number of ether oxygens (including phenoxy) is 2. The van der Waals surface area contributed by atoms with Crippen molar-refractivity contribution in [3.8, 4) is 11.5 Å². The molecular weight excluding hydrogens is 440 g/mol. The Morgan fingerprint density at radius 3 is 2.62 bits per heavy atom. The average Bonchev–Trinajstić information content (AvgIpc) is 3.06. The molecule has 0 aliphatic carbocycles. The van der Waals surface area contributed by atoms with E-state index in [2.05, 4.69) is 5.32 Å². The predicted octanol–water partition coefficient (Wildman–Crippen LogP) is 1.24. The zero-order valence-corrected chi connectivity index (χ0v) is 18.9. The molecule has 0 bridgehead atoms. The fourth-order valence-corrected chi connectivity index (χ4v) is 4.06. The highest BCUT2D eigenvalue weighted by Gasteiger charge is 2.50. The predicted molar refractivity (Wildman–Crippen MR) is 121 cm³/mol. The first-order valence-electron chi connectivity index (χ1n) is 10.9. The van der Waals surface area contributed by atoms with Crippen LogP contribution >= 0.6 is 0 Å². The first-order chi connectivity index (χ1) is 16.2. The Bertz CT molecular complexity index is 1150. The molecular formula is C24H26N4O6. The summed E-state index contributed by atoms with van der Waals surface area (Å²) in [5, 5.41) is 2.64. The van der Waals surface area contributed by atoms with Crippen molar-refractivity contribution in [1.29, 1.82) is 0 Å². The first-order valence-corrected chi connectivity index (χ1v) is 10.9.